The summed E-state index contributed by atoms with van der Waals surface area (Å²) in [6.07, 6.45) is 1.97. The molecule has 0 amide bonds. The summed E-state index contributed by atoms with van der Waals surface area (Å²) in [7, 11) is 0. The van der Waals surface area contributed by atoms with Crippen LogP contribution < -0.4 is 5.73 Å². The Morgan fingerprint density at radius 1 is 1.24 bits per heavy atom. The summed E-state index contributed by atoms with van der Waals surface area (Å²) in [5.41, 5.74) is 7.20. The Kier molecular flexibility index (Phi) is 3.54. The van der Waals surface area contributed by atoms with E-state index in [4.69, 9.17) is 5.73 Å². The van der Waals surface area contributed by atoms with E-state index in [0.29, 0.717) is 0 Å². The van der Waals surface area contributed by atoms with E-state index in [9.17, 15) is 0 Å². The first kappa shape index (κ1) is 11.8. The molecule has 0 saturated heterocycles. The van der Waals surface area contributed by atoms with Crippen molar-refractivity contribution in [3.8, 4) is 5.69 Å². The molecule has 4 heteroatoms. The Hall–Kier alpha value is -1.68. The van der Waals surface area contributed by atoms with Crippen LogP contribution in [0.5, 0.6) is 0 Å². The molecule has 2 rings (SSSR count). The monoisotopic (exact) mass is 230 g/mol. The van der Waals surface area contributed by atoms with Gasteiger partial charge in [-0.15, -0.1) is 10.2 Å². The number of aromatic nitrogens is 3. The Labute approximate surface area is 101 Å². The summed E-state index contributed by atoms with van der Waals surface area (Å²) >= 11 is 0. The fourth-order valence-corrected chi connectivity index (χ4v) is 1.96. The molecule has 0 spiro atoms. The van der Waals surface area contributed by atoms with Gasteiger partial charge < -0.3 is 5.73 Å². The highest BCUT2D eigenvalue weighted by molar-refractivity contribution is 5.34. The van der Waals surface area contributed by atoms with Gasteiger partial charge in [-0.05, 0) is 25.5 Å². The quantitative estimate of drug-likeness (QED) is 0.877. The van der Waals surface area contributed by atoms with Gasteiger partial charge >= 0.3 is 0 Å². The topological polar surface area (TPSA) is 56.7 Å². The number of aryl methyl sites for hydroxylation is 1. The average Bonchev–Trinajstić information content (AvgIpc) is 2.73. The van der Waals surface area contributed by atoms with E-state index >= 15 is 0 Å². The highest BCUT2D eigenvalue weighted by atomic mass is 15.3. The van der Waals surface area contributed by atoms with Crippen LogP contribution >= 0.6 is 0 Å². The molecule has 2 N–H and O–H groups in total. The zero-order valence-electron chi connectivity index (χ0n) is 10.3. The van der Waals surface area contributed by atoms with Gasteiger partial charge in [-0.2, -0.15) is 0 Å². The average molecular weight is 230 g/mol. The number of nitrogens with zero attached hydrogens (tertiary/aromatic N) is 3. The van der Waals surface area contributed by atoms with Crippen LogP contribution in [-0.4, -0.2) is 14.8 Å². The van der Waals surface area contributed by atoms with Crippen LogP contribution in [-0.2, 0) is 0 Å². The Balaban J connectivity index is 2.43. The minimum Gasteiger partial charge on any atom is -0.321 e. The molecule has 17 heavy (non-hydrogen) atoms. The van der Waals surface area contributed by atoms with Crippen molar-refractivity contribution in [2.75, 3.05) is 0 Å². The molecular formula is C13H18N4. The summed E-state index contributed by atoms with van der Waals surface area (Å²) in [5.74, 6) is 1.72. The van der Waals surface area contributed by atoms with Crippen LogP contribution in [0.3, 0.4) is 0 Å². The summed E-state index contributed by atoms with van der Waals surface area (Å²) in [6, 6.07) is 10.0. The van der Waals surface area contributed by atoms with E-state index in [1.807, 2.05) is 41.8 Å². The summed E-state index contributed by atoms with van der Waals surface area (Å²) in [4.78, 5) is 0. The van der Waals surface area contributed by atoms with Crippen molar-refractivity contribution in [1.29, 1.82) is 0 Å². The third kappa shape index (κ3) is 2.36. The van der Waals surface area contributed by atoms with Gasteiger partial charge in [0.2, 0.25) is 0 Å². The Morgan fingerprint density at radius 3 is 2.59 bits per heavy atom. The lowest BCUT2D eigenvalue weighted by Crippen LogP contribution is -2.16. The minimum absolute atomic E-state index is 0.0543. The van der Waals surface area contributed by atoms with Crippen molar-refractivity contribution in [1.82, 2.24) is 14.8 Å². The predicted octanol–water partition coefficient (Wildman–Crippen LogP) is 2.38. The maximum absolute atomic E-state index is 6.13. The first-order valence-corrected chi connectivity index (χ1v) is 5.97. The Bertz CT molecular complexity index is 475. The number of hydrogen-bond donors (Lipinski definition) is 1. The lowest BCUT2D eigenvalue weighted by Gasteiger charge is -2.13. The standard InChI is InChI=1S/C13H18N4/c1-3-7-12(14)13-16-15-10(2)17(13)11-8-5-4-6-9-11/h4-6,8-9,12H,3,7,14H2,1-2H3. The molecule has 0 fully saturated rings. The van der Waals surface area contributed by atoms with Crippen LogP contribution in [0, 0.1) is 6.92 Å². The fourth-order valence-electron chi connectivity index (χ4n) is 1.96. The number of hydrogen-bond acceptors (Lipinski definition) is 3. The third-order valence-electron chi connectivity index (χ3n) is 2.80. The zero-order chi connectivity index (χ0) is 12.3. The van der Waals surface area contributed by atoms with Crippen molar-refractivity contribution in [3.05, 3.63) is 42.0 Å². The van der Waals surface area contributed by atoms with E-state index in [1.54, 1.807) is 0 Å². The number of para-hydroxylation sites is 1. The molecule has 2 aromatic rings. The van der Waals surface area contributed by atoms with Crippen molar-refractivity contribution >= 4 is 0 Å². The first-order chi connectivity index (χ1) is 8.24. The fraction of sp³-hybridized carbons (Fsp3) is 0.385. The van der Waals surface area contributed by atoms with Crippen molar-refractivity contribution in [2.24, 2.45) is 5.73 Å². The summed E-state index contributed by atoms with van der Waals surface area (Å²) < 4.78 is 2.03. The van der Waals surface area contributed by atoms with Gasteiger partial charge in [-0.1, -0.05) is 31.5 Å². The third-order valence-corrected chi connectivity index (χ3v) is 2.80. The molecule has 1 unspecified atom stereocenters. The molecule has 1 atom stereocenters. The van der Waals surface area contributed by atoms with Gasteiger partial charge in [-0.3, -0.25) is 4.57 Å². The van der Waals surface area contributed by atoms with Crippen LogP contribution in [0.1, 0.15) is 37.5 Å². The lowest BCUT2D eigenvalue weighted by atomic mass is 10.1. The maximum Gasteiger partial charge on any atom is 0.154 e. The predicted molar refractivity (Wildman–Crippen MR) is 67.9 cm³/mol. The van der Waals surface area contributed by atoms with E-state index in [0.717, 1.165) is 30.2 Å². The van der Waals surface area contributed by atoms with Crippen molar-refractivity contribution in [3.63, 3.8) is 0 Å². The van der Waals surface area contributed by atoms with Gasteiger partial charge in [0.15, 0.2) is 5.82 Å². The Morgan fingerprint density at radius 2 is 1.94 bits per heavy atom. The molecule has 1 aromatic carbocycles. The molecule has 0 aliphatic heterocycles. The smallest absolute Gasteiger partial charge is 0.154 e. The van der Waals surface area contributed by atoms with E-state index < -0.39 is 0 Å². The molecule has 1 aromatic heterocycles. The van der Waals surface area contributed by atoms with E-state index in [2.05, 4.69) is 17.1 Å². The normalized spacial score (nSPS) is 12.6. The molecule has 0 radical (unpaired) electrons. The molecular weight excluding hydrogens is 212 g/mol. The van der Waals surface area contributed by atoms with E-state index in [1.165, 1.54) is 0 Å². The maximum atomic E-state index is 6.13. The summed E-state index contributed by atoms with van der Waals surface area (Å²) in [6.45, 7) is 4.07. The molecule has 0 aliphatic rings. The van der Waals surface area contributed by atoms with Gasteiger partial charge in [0, 0.05) is 5.69 Å². The van der Waals surface area contributed by atoms with Crippen LogP contribution in [0.2, 0.25) is 0 Å². The first-order valence-electron chi connectivity index (χ1n) is 5.97. The largest absolute Gasteiger partial charge is 0.321 e. The minimum atomic E-state index is -0.0543. The molecule has 4 nitrogen and oxygen atoms in total. The SMILES string of the molecule is CCCC(N)c1nnc(C)n1-c1ccccc1. The van der Waals surface area contributed by atoms with Gasteiger partial charge in [0.05, 0.1) is 6.04 Å². The van der Waals surface area contributed by atoms with Crippen LogP contribution in [0.4, 0.5) is 0 Å². The number of benzene rings is 1. The highest BCUT2D eigenvalue weighted by Crippen LogP contribution is 2.19. The summed E-state index contributed by atoms with van der Waals surface area (Å²) in [5, 5.41) is 8.33. The molecule has 1 heterocycles. The second-order valence-corrected chi connectivity index (χ2v) is 4.17. The molecule has 0 saturated carbocycles. The number of rotatable bonds is 4. The second kappa shape index (κ2) is 5.10. The van der Waals surface area contributed by atoms with Crippen molar-refractivity contribution in [2.45, 2.75) is 32.7 Å². The van der Waals surface area contributed by atoms with Crippen molar-refractivity contribution < 1.29 is 0 Å². The lowest BCUT2D eigenvalue weighted by molar-refractivity contribution is 0.589. The van der Waals surface area contributed by atoms with Crippen LogP contribution in [0.15, 0.2) is 30.3 Å². The molecule has 0 bridgehead atoms. The highest BCUT2D eigenvalue weighted by Gasteiger charge is 2.16. The van der Waals surface area contributed by atoms with Gasteiger partial charge in [0.1, 0.15) is 5.82 Å². The number of nitrogens with two attached hydrogens (primary N) is 1. The van der Waals surface area contributed by atoms with Gasteiger partial charge in [0.25, 0.3) is 0 Å². The van der Waals surface area contributed by atoms with E-state index in [-0.39, 0.29) is 6.04 Å². The second-order valence-electron chi connectivity index (χ2n) is 4.17. The molecule has 0 aliphatic carbocycles. The molecule has 90 valence electrons. The van der Waals surface area contributed by atoms with Crippen LogP contribution in [0.25, 0.3) is 5.69 Å². The zero-order valence-corrected chi connectivity index (χ0v) is 10.3. The van der Waals surface area contributed by atoms with Gasteiger partial charge in [-0.25, -0.2) is 0 Å².